The van der Waals surface area contributed by atoms with Crippen LogP contribution in [0.4, 0.5) is 11.4 Å². The van der Waals surface area contributed by atoms with Crippen LogP contribution in [0.25, 0.3) is 0 Å². The van der Waals surface area contributed by atoms with Crippen LogP contribution in [0.15, 0.2) is 36.5 Å². The zero-order chi connectivity index (χ0) is 20.1. The molecular formula is C20H25N5O3. The van der Waals surface area contributed by atoms with E-state index < -0.39 is 5.91 Å². The normalized spacial score (nSPS) is 14.0. The minimum absolute atomic E-state index is 0.0529. The van der Waals surface area contributed by atoms with Gasteiger partial charge in [0.05, 0.1) is 22.9 Å². The molecule has 0 radical (unpaired) electrons. The number of hydrogen-bond donors (Lipinski definition) is 4. The molecule has 4 N–H and O–H groups in total. The summed E-state index contributed by atoms with van der Waals surface area (Å²) in [6, 6.07) is 9.53. The molecule has 1 aliphatic rings. The third kappa shape index (κ3) is 4.23. The van der Waals surface area contributed by atoms with Crippen molar-refractivity contribution < 1.29 is 14.8 Å². The Bertz CT molecular complexity index is 871. The van der Waals surface area contributed by atoms with Gasteiger partial charge in [-0.15, -0.1) is 0 Å². The molecule has 1 unspecified atom stereocenters. The van der Waals surface area contributed by atoms with E-state index in [0.717, 1.165) is 22.6 Å². The molecule has 2 heterocycles. The molecule has 0 aliphatic carbocycles. The maximum Gasteiger partial charge on any atom is 0.276 e. The standard InChI is InChI=1S/C20H25N5O3/c1-13(10-22-18-6-4-3-5-17(18)21-2)20(27)25-8-7-16-15(12-25)9-14(11-23-16)19(26)24-28/h3-6,9,11,13,21-22,28H,7-8,10,12H2,1-2H3,(H,24,26). The van der Waals surface area contributed by atoms with Gasteiger partial charge in [-0.05, 0) is 23.8 Å². The van der Waals surface area contributed by atoms with Gasteiger partial charge in [0, 0.05) is 45.0 Å². The SMILES string of the molecule is CNc1ccccc1NCC(C)C(=O)N1CCc2ncc(C(=O)NO)cc2C1. The predicted octanol–water partition coefficient (Wildman–Crippen LogP) is 1.88. The fourth-order valence-corrected chi connectivity index (χ4v) is 3.32. The number of nitrogens with zero attached hydrogens (tertiary/aromatic N) is 2. The van der Waals surface area contributed by atoms with Gasteiger partial charge in [-0.1, -0.05) is 19.1 Å². The van der Waals surface area contributed by atoms with Crippen LogP contribution in [0.1, 0.15) is 28.5 Å². The second-order valence-corrected chi connectivity index (χ2v) is 6.86. The smallest absolute Gasteiger partial charge is 0.276 e. The molecule has 148 valence electrons. The highest BCUT2D eigenvalue weighted by molar-refractivity contribution is 5.93. The first kappa shape index (κ1) is 19.6. The zero-order valence-corrected chi connectivity index (χ0v) is 16.0. The summed E-state index contributed by atoms with van der Waals surface area (Å²) in [7, 11) is 1.86. The second kappa shape index (κ2) is 8.71. The summed E-state index contributed by atoms with van der Waals surface area (Å²) in [5.74, 6) is -0.764. The summed E-state index contributed by atoms with van der Waals surface area (Å²) in [5, 5.41) is 15.3. The van der Waals surface area contributed by atoms with Crippen molar-refractivity contribution in [3.05, 3.63) is 53.3 Å². The first-order chi connectivity index (χ1) is 13.5. The Morgan fingerprint density at radius 2 is 2.04 bits per heavy atom. The van der Waals surface area contributed by atoms with E-state index in [4.69, 9.17) is 5.21 Å². The first-order valence-electron chi connectivity index (χ1n) is 9.25. The second-order valence-electron chi connectivity index (χ2n) is 6.86. The van der Waals surface area contributed by atoms with Crippen molar-refractivity contribution in [2.24, 2.45) is 5.92 Å². The van der Waals surface area contributed by atoms with E-state index in [1.165, 1.54) is 6.20 Å². The average molecular weight is 383 g/mol. The van der Waals surface area contributed by atoms with Crippen molar-refractivity contribution in [1.82, 2.24) is 15.4 Å². The van der Waals surface area contributed by atoms with E-state index in [1.54, 1.807) is 16.4 Å². The van der Waals surface area contributed by atoms with Gasteiger partial charge in [-0.25, -0.2) is 5.48 Å². The topological polar surface area (TPSA) is 107 Å². The number of fused-ring (bicyclic) bond motifs is 1. The quantitative estimate of drug-likeness (QED) is 0.448. The Kier molecular flexibility index (Phi) is 6.10. The fourth-order valence-electron chi connectivity index (χ4n) is 3.32. The summed E-state index contributed by atoms with van der Waals surface area (Å²) in [6.07, 6.45) is 2.08. The van der Waals surface area contributed by atoms with E-state index in [9.17, 15) is 9.59 Å². The van der Waals surface area contributed by atoms with E-state index in [1.807, 2.05) is 38.2 Å². The van der Waals surface area contributed by atoms with Gasteiger partial charge in [0.15, 0.2) is 0 Å². The van der Waals surface area contributed by atoms with E-state index >= 15 is 0 Å². The number of anilines is 2. The minimum Gasteiger partial charge on any atom is -0.386 e. The van der Waals surface area contributed by atoms with Crippen molar-refractivity contribution in [1.29, 1.82) is 0 Å². The Morgan fingerprint density at radius 1 is 1.29 bits per heavy atom. The van der Waals surface area contributed by atoms with E-state index in [-0.39, 0.29) is 17.4 Å². The number of benzene rings is 1. The lowest BCUT2D eigenvalue weighted by Crippen LogP contribution is -2.41. The Morgan fingerprint density at radius 3 is 2.75 bits per heavy atom. The minimum atomic E-state index is -0.612. The number of carbonyl (C=O) groups is 2. The van der Waals surface area contributed by atoms with Gasteiger partial charge >= 0.3 is 0 Å². The van der Waals surface area contributed by atoms with Gasteiger partial charge in [-0.2, -0.15) is 0 Å². The molecule has 3 rings (SSSR count). The maximum atomic E-state index is 12.9. The van der Waals surface area contributed by atoms with Crippen LogP contribution in [-0.4, -0.2) is 47.0 Å². The van der Waals surface area contributed by atoms with Crippen LogP contribution in [0, 0.1) is 5.92 Å². The number of aromatic nitrogens is 1. The van der Waals surface area contributed by atoms with Crippen LogP contribution in [-0.2, 0) is 17.8 Å². The molecule has 0 saturated heterocycles. The first-order valence-corrected chi connectivity index (χ1v) is 9.25. The van der Waals surface area contributed by atoms with Crippen LogP contribution in [0.2, 0.25) is 0 Å². The monoisotopic (exact) mass is 383 g/mol. The Hall–Kier alpha value is -3.13. The molecule has 0 spiro atoms. The van der Waals surface area contributed by atoms with Crippen LogP contribution < -0.4 is 16.1 Å². The summed E-state index contributed by atoms with van der Waals surface area (Å²) in [4.78, 5) is 30.6. The largest absolute Gasteiger partial charge is 0.386 e. The molecule has 8 nitrogen and oxygen atoms in total. The van der Waals surface area contributed by atoms with Gasteiger partial charge in [0.25, 0.3) is 5.91 Å². The maximum absolute atomic E-state index is 12.9. The number of para-hydroxylation sites is 2. The third-order valence-electron chi connectivity index (χ3n) is 4.93. The highest BCUT2D eigenvalue weighted by Crippen LogP contribution is 2.22. The van der Waals surface area contributed by atoms with Crippen LogP contribution in [0.3, 0.4) is 0 Å². The van der Waals surface area contributed by atoms with Gasteiger partial charge in [0.1, 0.15) is 0 Å². The van der Waals surface area contributed by atoms with Crippen LogP contribution in [0.5, 0.6) is 0 Å². The number of carbonyl (C=O) groups excluding carboxylic acids is 2. The van der Waals surface area contributed by atoms with Crippen molar-refractivity contribution >= 4 is 23.2 Å². The molecular weight excluding hydrogens is 358 g/mol. The zero-order valence-electron chi connectivity index (χ0n) is 16.0. The predicted molar refractivity (Wildman–Crippen MR) is 106 cm³/mol. The number of pyridine rings is 1. The molecule has 1 aromatic heterocycles. The fraction of sp³-hybridized carbons (Fsp3) is 0.350. The highest BCUT2D eigenvalue weighted by Gasteiger charge is 2.26. The Balaban J connectivity index is 1.64. The van der Waals surface area contributed by atoms with Gasteiger partial charge < -0.3 is 15.5 Å². The summed E-state index contributed by atoms with van der Waals surface area (Å²) >= 11 is 0. The molecule has 0 bridgehead atoms. The molecule has 1 atom stereocenters. The van der Waals surface area contributed by atoms with Crippen LogP contribution >= 0.6 is 0 Å². The highest BCUT2D eigenvalue weighted by atomic mass is 16.5. The van der Waals surface area contributed by atoms with E-state index in [0.29, 0.717) is 26.1 Å². The molecule has 0 saturated carbocycles. The van der Waals surface area contributed by atoms with Crippen molar-refractivity contribution in [2.45, 2.75) is 19.9 Å². The van der Waals surface area contributed by atoms with Crippen molar-refractivity contribution in [2.75, 3.05) is 30.8 Å². The average Bonchev–Trinajstić information content (AvgIpc) is 2.75. The molecule has 1 aromatic carbocycles. The Labute approximate surface area is 163 Å². The summed E-state index contributed by atoms with van der Waals surface area (Å²) in [5.41, 5.74) is 5.53. The number of hydrogen-bond acceptors (Lipinski definition) is 6. The lowest BCUT2D eigenvalue weighted by atomic mass is 10.0. The molecule has 2 amide bonds. The molecule has 28 heavy (non-hydrogen) atoms. The molecule has 0 fully saturated rings. The summed E-state index contributed by atoms with van der Waals surface area (Å²) < 4.78 is 0. The summed E-state index contributed by atoms with van der Waals surface area (Å²) in [6.45, 7) is 3.43. The van der Waals surface area contributed by atoms with Gasteiger partial charge in [0.2, 0.25) is 5.91 Å². The number of hydroxylamine groups is 1. The number of amides is 2. The lowest BCUT2D eigenvalue weighted by molar-refractivity contribution is -0.135. The number of rotatable bonds is 6. The van der Waals surface area contributed by atoms with Gasteiger partial charge in [-0.3, -0.25) is 19.8 Å². The molecule has 2 aromatic rings. The third-order valence-corrected chi connectivity index (χ3v) is 4.93. The lowest BCUT2D eigenvalue weighted by Gasteiger charge is -2.31. The van der Waals surface area contributed by atoms with Crippen molar-refractivity contribution in [3.63, 3.8) is 0 Å². The number of nitrogens with one attached hydrogen (secondary N) is 3. The van der Waals surface area contributed by atoms with Crippen molar-refractivity contribution in [3.8, 4) is 0 Å². The molecule has 8 heteroatoms. The molecule has 1 aliphatic heterocycles. The van der Waals surface area contributed by atoms with E-state index in [2.05, 4.69) is 15.6 Å².